The molecule has 7 heteroatoms. The summed E-state index contributed by atoms with van der Waals surface area (Å²) in [4.78, 5) is 19.3. The third-order valence-corrected chi connectivity index (χ3v) is 5.39. The van der Waals surface area contributed by atoms with Gasteiger partial charge in [0.1, 0.15) is 0 Å². The maximum atomic E-state index is 12.8. The average Bonchev–Trinajstić information content (AvgIpc) is 3.12. The third kappa shape index (κ3) is 3.82. The van der Waals surface area contributed by atoms with Gasteiger partial charge in [-0.15, -0.1) is 0 Å². The van der Waals surface area contributed by atoms with Crippen molar-refractivity contribution >= 4 is 28.4 Å². The second-order valence-electron chi connectivity index (χ2n) is 6.91. The molecule has 6 nitrogen and oxygen atoms in total. The molecule has 0 aliphatic carbocycles. The summed E-state index contributed by atoms with van der Waals surface area (Å²) in [6, 6.07) is 7.91. The fraction of sp³-hybridized carbons (Fsp3) is 0.350. The van der Waals surface area contributed by atoms with Crippen LogP contribution < -0.4 is 5.32 Å². The van der Waals surface area contributed by atoms with Crippen LogP contribution in [0.5, 0.6) is 0 Å². The fourth-order valence-corrected chi connectivity index (χ4v) is 3.76. The lowest BCUT2D eigenvalue weighted by atomic mass is 10.0. The Balaban J connectivity index is 1.57. The number of piperidine rings is 1. The zero-order valence-corrected chi connectivity index (χ0v) is 16.0. The molecule has 1 aliphatic heterocycles. The predicted octanol–water partition coefficient (Wildman–Crippen LogP) is 3.49. The molecule has 3 aromatic rings. The first-order valence-corrected chi connectivity index (χ1v) is 9.64. The Bertz CT molecular complexity index is 962. The largest absolute Gasteiger partial charge is 0.348 e. The second kappa shape index (κ2) is 7.66. The fourth-order valence-electron chi connectivity index (χ4n) is 3.58. The number of hydrogen-bond acceptors (Lipinski definition) is 4. The van der Waals surface area contributed by atoms with E-state index < -0.39 is 0 Å². The molecule has 0 atom stereocenters. The number of fused-ring (bicyclic) bond motifs is 1. The smallest absolute Gasteiger partial charge is 0.272 e. The molecule has 140 valence electrons. The van der Waals surface area contributed by atoms with Crippen molar-refractivity contribution in [2.45, 2.75) is 25.8 Å². The monoisotopic (exact) mass is 383 g/mol. The van der Waals surface area contributed by atoms with Gasteiger partial charge in [-0.2, -0.15) is 5.10 Å². The highest BCUT2D eigenvalue weighted by molar-refractivity contribution is 6.30. The van der Waals surface area contributed by atoms with Crippen LogP contribution in [0.2, 0.25) is 5.02 Å². The predicted molar refractivity (Wildman–Crippen MR) is 107 cm³/mol. The summed E-state index contributed by atoms with van der Waals surface area (Å²) in [5.74, 6) is -0.127. The normalized spacial score (nSPS) is 15.9. The highest BCUT2D eigenvalue weighted by Crippen LogP contribution is 2.26. The first kappa shape index (κ1) is 17.9. The highest BCUT2D eigenvalue weighted by atomic mass is 35.5. The summed E-state index contributed by atoms with van der Waals surface area (Å²) >= 11 is 6.05. The number of rotatable bonds is 4. The van der Waals surface area contributed by atoms with Gasteiger partial charge in [0.2, 0.25) is 0 Å². The number of benzene rings is 1. The molecule has 2 aromatic heterocycles. The molecule has 0 spiro atoms. The lowest BCUT2D eigenvalue weighted by Gasteiger charge is -2.31. The van der Waals surface area contributed by atoms with Crippen LogP contribution in [0.15, 0.2) is 36.7 Å². The quantitative estimate of drug-likeness (QED) is 0.723. The highest BCUT2D eigenvalue weighted by Gasteiger charge is 2.22. The van der Waals surface area contributed by atoms with Crippen LogP contribution in [0.1, 0.15) is 30.3 Å². The molecule has 3 heterocycles. The Labute approximate surface area is 162 Å². The maximum Gasteiger partial charge on any atom is 0.272 e. The van der Waals surface area contributed by atoms with E-state index in [-0.39, 0.29) is 11.9 Å². The molecule has 1 aromatic carbocycles. The first-order chi connectivity index (χ1) is 13.1. The molecule has 0 radical (unpaired) electrons. The minimum atomic E-state index is -0.127. The van der Waals surface area contributed by atoms with Crippen molar-refractivity contribution in [3.05, 3.63) is 47.4 Å². The summed E-state index contributed by atoms with van der Waals surface area (Å²) in [6.45, 7) is 5.27. The number of carbonyl (C=O) groups excluding carboxylic acids is 1. The minimum Gasteiger partial charge on any atom is -0.348 e. The second-order valence-corrected chi connectivity index (χ2v) is 7.34. The molecule has 4 rings (SSSR count). The summed E-state index contributed by atoms with van der Waals surface area (Å²) in [5.41, 5.74) is 3.12. The van der Waals surface area contributed by atoms with Gasteiger partial charge in [-0.1, -0.05) is 24.6 Å². The van der Waals surface area contributed by atoms with Gasteiger partial charge >= 0.3 is 0 Å². The zero-order chi connectivity index (χ0) is 18.8. The molecule has 0 unspecified atom stereocenters. The van der Waals surface area contributed by atoms with Gasteiger partial charge in [0.05, 0.1) is 10.5 Å². The van der Waals surface area contributed by atoms with Crippen molar-refractivity contribution in [1.29, 1.82) is 0 Å². The molecule has 27 heavy (non-hydrogen) atoms. The molecule has 1 fully saturated rings. The van der Waals surface area contributed by atoms with Gasteiger partial charge in [0.25, 0.3) is 5.91 Å². The molecule has 1 saturated heterocycles. The van der Waals surface area contributed by atoms with E-state index in [2.05, 4.69) is 32.3 Å². The van der Waals surface area contributed by atoms with Gasteiger partial charge in [-0.25, -0.2) is 0 Å². The van der Waals surface area contributed by atoms with Gasteiger partial charge in [0.15, 0.2) is 5.69 Å². The number of pyridine rings is 1. The number of hydrogen-bond donors (Lipinski definition) is 2. The Morgan fingerprint density at radius 3 is 2.81 bits per heavy atom. The van der Waals surface area contributed by atoms with Crippen molar-refractivity contribution in [2.24, 2.45) is 0 Å². The van der Waals surface area contributed by atoms with E-state index in [0.29, 0.717) is 10.7 Å². The number of nitrogens with zero attached hydrogens (tertiary/aromatic N) is 3. The standard InChI is InChI=1S/C20H22ClN5O/c1-2-26-7-5-16(6-8-26)23-20(27)19-17-10-13(3-4-18(17)24-25-19)14-9-15(21)12-22-11-14/h3-4,9-12,16H,2,5-8H2,1H3,(H,23,27)(H,24,25). The summed E-state index contributed by atoms with van der Waals surface area (Å²) in [5, 5.41) is 11.7. The van der Waals surface area contributed by atoms with Crippen LogP contribution in [0, 0.1) is 0 Å². The van der Waals surface area contributed by atoms with Crippen LogP contribution >= 0.6 is 11.6 Å². The SMILES string of the molecule is CCN1CCC(NC(=O)c2n[nH]c3ccc(-c4cncc(Cl)c4)cc23)CC1. The molecule has 0 saturated carbocycles. The van der Waals surface area contributed by atoms with Crippen LogP contribution in [0.25, 0.3) is 22.0 Å². The van der Waals surface area contributed by atoms with E-state index in [9.17, 15) is 4.79 Å². The first-order valence-electron chi connectivity index (χ1n) is 9.26. The maximum absolute atomic E-state index is 12.8. The molecule has 2 N–H and O–H groups in total. The molecule has 0 bridgehead atoms. The number of likely N-dealkylation sites (tertiary alicyclic amines) is 1. The Hall–Kier alpha value is -2.44. The van der Waals surface area contributed by atoms with Crippen molar-refractivity contribution < 1.29 is 4.79 Å². The number of aromatic amines is 1. The van der Waals surface area contributed by atoms with Crippen LogP contribution in [0.4, 0.5) is 0 Å². The summed E-state index contributed by atoms with van der Waals surface area (Å²) < 4.78 is 0. The Kier molecular flexibility index (Phi) is 5.09. The number of aromatic nitrogens is 3. The van der Waals surface area contributed by atoms with Crippen molar-refractivity contribution in [3.63, 3.8) is 0 Å². The van der Waals surface area contributed by atoms with Crippen molar-refractivity contribution in [2.75, 3.05) is 19.6 Å². The van der Waals surface area contributed by atoms with Crippen molar-refractivity contribution in [1.82, 2.24) is 25.4 Å². The molecule has 1 amide bonds. The number of H-pyrrole nitrogens is 1. The van der Waals surface area contributed by atoms with Gasteiger partial charge in [-0.05, 0) is 43.1 Å². The summed E-state index contributed by atoms with van der Waals surface area (Å²) in [7, 11) is 0. The molecular formula is C20H22ClN5O. The van der Waals surface area contributed by atoms with E-state index in [1.165, 1.54) is 0 Å². The van der Waals surface area contributed by atoms with E-state index in [1.54, 1.807) is 12.4 Å². The molecule has 1 aliphatic rings. The number of amides is 1. The number of nitrogens with one attached hydrogen (secondary N) is 2. The lowest BCUT2D eigenvalue weighted by Crippen LogP contribution is -2.44. The lowest BCUT2D eigenvalue weighted by molar-refractivity contribution is 0.0909. The van der Waals surface area contributed by atoms with Gasteiger partial charge in [0, 0.05) is 42.5 Å². The van der Waals surface area contributed by atoms with E-state index >= 15 is 0 Å². The van der Waals surface area contributed by atoms with Crippen molar-refractivity contribution in [3.8, 4) is 11.1 Å². The third-order valence-electron chi connectivity index (χ3n) is 5.19. The van der Waals surface area contributed by atoms with E-state index in [4.69, 9.17) is 11.6 Å². The van der Waals surface area contributed by atoms with Gasteiger partial charge < -0.3 is 10.2 Å². The topological polar surface area (TPSA) is 73.9 Å². The van der Waals surface area contributed by atoms with E-state index in [0.717, 1.165) is 54.5 Å². The summed E-state index contributed by atoms with van der Waals surface area (Å²) in [6.07, 6.45) is 5.31. The average molecular weight is 384 g/mol. The van der Waals surface area contributed by atoms with Crippen LogP contribution in [0.3, 0.4) is 0 Å². The Morgan fingerprint density at radius 2 is 2.07 bits per heavy atom. The molecular weight excluding hydrogens is 362 g/mol. The van der Waals surface area contributed by atoms with Crippen LogP contribution in [-0.2, 0) is 0 Å². The zero-order valence-electron chi connectivity index (χ0n) is 15.2. The number of carbonyl (C=O) groups is 1. The van der Waals surface area contributed by atoms with E-state index in [1.807, 2.05) is 24.3 Å². The minimum absolute atomic E-state index is 0.127. The Morgan fingerprint density at radius 1 is 1.26 bits per heavy atom. The number of halogens is 1. The van der Waals surface area contributed by atoms with Crippen LogP contribution in [-0.4, -0.2) is 51.7 Å². The van der Waals surface area contributed by atoms with Gasteiger partial charge in [-0.3, -0.25) is 14.9 Å².